The summed E-state index contributed by atoms with van der Waals surface area (Å²) >= 11 is 0. The van der Waals surface area contributed by atoms with Crippen molar-refractivity contribution in [3.05, 3.63) is 0 Å². The molecule has 0 amide bonds. The van der Waals surface area contributed by atoms with Crippen molar-refractivity contribution >= 4 is 0 Å². The largest absolute Gasteiger partial charge is 0.218 e. The molecule has 0 atom stereocenters. The van der Waals surface area contributed by atoms with E-state index in [-0.39, 0.29) is 0 Å². The molecule has 3 heteroatoms. The summed E-state index contributed by atoms with van der Waals surface area (Å²) in [6, 6.07) is 0. The molecule has 0 saturated carbocycles. The van der Waals surface area contributed by atoms with E-state index in [0.717, 1.165) is 6.42 Å². The van der Waals surface area contributed by atoms with Gasteiger partial charge < -0.3 is 0 Å². The van der Waals surface area contributed by atoms with Crippen molar-refractivity contribution in [1.82, 2.24) is 0 Å². The SMILES string of the molecule is CCCCCOON. The lowest BCUT2D eigenvalue weighted by Gasteiger charge is -1.95. The monoisotopic (exact) mass is 119 g/mol. The lowest BCUT2D eigenvalue weighted by molar-refractivity contribution is -0.299. The van der Waals surface area contributed by atoms with Gasteiger partial charge in [-0.2, -0.15) is 5.90 Å². The van der Waals surface area contributed by atoms with Crippen LogP contribution in [0, 0.1) is 0 Å². The lowest BCUT2D eigenvalue weighted by Crippen LogP contribution is -2.01. The van der Waals surface area contributed by atoms with Gasteiger partial charge in [-0.25, -0.2) is 4.89 Å². The highest BCUT2D eigenvalue weighted by molar-refractivity contribution is 4.32. The highest BCUT2D eigenvalue weighted by Crippen LogP contribution is 1.92. The fraction of sp³-hybridized carbons (Fsp3) is 1.00. The Morgan fingerprint density at radius 3 is 2.62 bits per heavy atom. The topological polar surface area (TPSA) is 44.5 Å². The Morgan fingerprint density at radius 2 is 2.12 bits per heavy atom. The fourth-order valence-electron chi connectivity index (χ4n) is 0.459. The summed E-state index contributed by atoms with van der Waals surface area (Å²) in [6.45, 7) is 2.73. The number of hydrogen-bond donors (Lipinski definition) is 1. The molecule has 0 fully saturated rings. The molecule has 0 heterocycles. The molecule has 0 aromatic heterocycles. The van der Waals surface area contributed by atoms with Crippen LogP contribution in [-0.2, 0) is 9.88 Å². The van der Waals surface area contributed by atoms with E-state index in [0.29, 0.717) is 6.61 Å². The van der Waals surface area contributed by atoms with E-state index < -0.39 is 0 Å². The van der Waals surface area contributed by atoms with Crippen LogP contribution in [0.3, 0.4) is 0 Å². The van der Waals surface area contributed by atoms with Crippen LogP contribution in [0.25, 0.3) is 0 Å². The molecule has 0 unspecified atom stereocenters. The number of nitrogens with two attached hydrogens (primary N) is 1. The molecular weight excluding hydrogens is 106 g/mol. The summed E-state index contributed by atoms with van der Waals surface area (Å²) in [7, 11) is 0. The van der Waals surface area contributed by atoms with Gasteiger partial charge in [-0.05, 0) is 6.42 Å². The zero-order chi connectivity index (χ0) is 6.24. The molecule has 0 aromatic rings. The first kappa shape index (κ1) is 7.88. The highest BCUT2D eigenvalue weighted by atomic mass is 17.3. The van der Waals surface area contributed by atoms with Gasteiger partial charge in [0.25, 0.3) is 0 Å². The Kier molecular flexibility index (Phi) is 6.78. The first-order chi connectivity index (χ1) is 3.91. The summed E-state index contributed by atoms with van der Waals surface area (Å²) in [5, 5.41) is 0. The van der Waals surface area contributed by atoms with Gasteiger partial charge in [0.05, 0.1) is 6.61 Å². The Bertz CT molecular complexity index is 35.4. The predicted molar refractivity (Wildman–Crippen MR) is 30.7 cm³/mol. The molecule has 50 valence electrons. The molecule has 0 saturated heterocycles. The summed E-state index contributed by atoms with van der Waals surface area (Å²) in [5.41, 5.74) is 0. The quantitative estimate of drug-likeness (QED) is 0.333. The van der Waals surface area contributed by atoms with Crippen LogP contribution in [0.2, 0.25) is 0 Å². The van der Waals surface area contributed by atoms with Gasteiger partial charge in [0.2, 0.25) is 0 Å². The van der Waals surface area contributed by atoms with Gasteiger partial charge in [-0.1, -0.05) is 19.8 Å². The second-order valence-electron chi connectivity index (χ2n) is 1.63. The van der Waals surface area contributed by atoms with E-state index in [1.165, 1.54) is 12.8 Å². The molecule has 0 spiro atoms. The second kappa shape index (κ2) is 6.88. The molecule has 0 radical (unpaired) electrons. The summed E-state index contributed by atoms with van der Waals surface area (Å²) < 4.78 is 0. The smallest absolute Gasteiger partial charge is 0.0842 e. The van der Waals surface area contributed by atoms with Gasteiger partial charge in [-0.15, -0.1) is 4.99 Å². The third kappa shape index (κ3) is 5.88. The van der Waals surface area contributed by atoms with Crippen LogP contribution in [0.15, 0.2) is 0 Å². The normalized spacial score (nSPS) is 9.75. The average molecular weight is 119 g/mol. The molecule has 0 aliphatic heterocycles. The minimum atomic E-state index is 0.602. The van der Waals surface area contributed by atoms with Crippen molar-refractivity contribution in [1.29, 1.82) is 0 Å². The Hall–Kier alpha value is -0.120. The molecule has 8 heavy (non-hydrogen) atoms. The van der Waals surface area contributed by atoms with Crippen molar-refractivity contribution in [2.24, 2.45) is 5.90 Å². The van der Waals surface area contributed by atoms with Gasteiger partial charge in [0.1, 0.15) is 0 Å². The summed E-state index contributed by atoms with van der Waals surface area (Å²) in [4.78, 5) is 8.30. The lowest BCUT2D eigenvalue weighted by atomic mass is 10.3. The Labute approximate surface area is 49.6 Å². The van der Waals surface area contributed by atoms with E-state index in [4.69, 9.17) is 0 Å². The minimum Gasteiger partial charge on any atom is -0.218 e. The van der Waals surface area contributed by atoms with Gasteiger partial charge in [0, 0.05) is 0 Å². The Morgan fingerprint density at radius 1 is 1.38 bits per heavy atom. The fourth-order valence-corrected chi connectivity index (χ4v) is 0.459. The van der Waals surface area contributed by atoms with Crippen LogP contribution < -0.4 is 5.90 Å². The van der Waals surface area contributed by atoms with E-state index in [9.17, 15) is 0 Å². The van der Waals surface area contributed by atoms with Crippen LogP contribution in [-0.4, -0.2) is 6.61 Å². The van der Waals surface area contributed by atoms with Crippen molar-refractivity contribution < 1.29 is 9.88 Å². The van der Waals surface area contributed by atoms with Gasteiger partial charge >= 0.3 is 0 Å². The maximum atomic E-state index is 4.59. The molecule has 0 aliphatic carbocycles. The number of rotatable bonds is 5. The standard InChI is InChI=1S/C5H13NO2/c1-2-3-4-5-7-8-6/h2-6H2,1H3. The van der Waals surface area contributed by atoms with Crippen LogP contribution in [0.4, 0.5) is 0 Å². The molecule has 0 aliphatic rings. The van der Waals surface area contributed by atoms with E-state index >= 15 is 0 Å². The van der Waals surface area contributed by atoms with Crippen LogP contribution >= 0.6 is 0 Å². The van der Waals surface area contributed by atoms with Gasteiger partial charge in [-0.3, -0.25) is 0 Å². The van der Waals surface area contributed by atoms with Crippen molar-refractivity contribution in [3.8, 4) is 0 Å². The molecule has 2 N–H and O–H groups in total. The van der Waals surface area contributed by atoms with Crippen molar-refractivity contribution in [2.45, 2.75) is 26.2 Å². The van der Waals surface area contributed by atoms with Crippen LogP contribution in [0.1, 0.15) is 26.2 Å². The molecule has 0 rings (SSSR count). The Balaban J connectivity index is 2.53. The second-order valence-corrected chi connectivity index (χ2v) is 1.63. The molecular formula is C5H13NO2. The highest BCUT2D eigenvalue weighted by Gasteiger charge is 1.83. The average Bonchev–Trinajstić information content (AvgIpc) is 1.81. The maximum absolute atomic E-state index is 4.59. The van der Waals surface area contributed by atoms with E-state index in [1.54, 1.807) is 0 Å². The van der Waals surface area contributed by atoms with Crippen molar-refractivity contribution in [3.63, 3.8) is 0 Å². The number of hydrogen-bond acceptors (Lipinski definition) is 3. The first-order valence-corrected chi connectivity index (χ1v) is 2.90. The summed E-state index contributed by atoms with van der Waals surface area (Å²) in [5.74, 6) is 4.59. The molecule has 0 aromatic carbocycles. The van der Waals surface area contributed by atoms with Crippen LogP contribution in [0.5, 0.6) is 0 Å². The zero-order valence-corrected chi connectivity index (χ0v) is 5.22. The van der Waals surface area contributed by atoms with Gasteiger partial charge in [0.15, 0.2) is 0 Å². The molecule has 0 bridgehead atoms. The number of unbranched alkanes of at least 4 members (excludes halogenated alkanes) is 2. The predicted octanol–water partition coefficient (Wildman–Crippen LogP) is 0.998. The summed E-state index contributed by atoms with van der Waals surface area (Å²) in [6.07, 6.45) is 3.38. The minimum absolute atomic E-state index is 0.602. The zero-order valence-electron chi connectivity index (χ0n) is 5.22. The van der Waals surface area contributed by atoms with Crippen molar-refractivity contribution in [2.75, 3.05) is 6.61 Å². The molecule has 3 nitrogen and oxygen atoms in total. The maximum Gasteiger partial charge on any atom is 0.0842 e. The third-order valence-electron chi connectivity index (χ3n) is 0.899. The van der Waals surface area contributed by atoms with E-state index in [2.05, 4.69) is 22.7 Å². The van der Waals surface area contributed by atoms with E-state index in [1.807, 2.05) is 0 Å². The third-order valence-corrected chi connectivity index (χ3v) is 0.899. The first-order valence-electron chi connectivity index (χ1n) is 2.90.